The molecule has 2 aromatic rings. The highest BCUT2D eigenvalue weighted by molar-refractivity contribution is 5.36. The van der Waals surface area contributed by atoms with Crippen LogP contribution in [0.4, 0.5) is 5.82 Å². The Bertz CT molecular complexity index is 569. The number of aromatic nitrogens is 4. The Balaban J connectivity index is 1.81. The second-order valence-electron chi connectivity index (χ2n) is 4.88. The topological polar surface area (TPSA) is 64.0 Å². The van der Waals surface area contributed by atoms with Gasteiger partial charge >= 0.3 is 0 Å². The second kappa shape index (κ2) is 5.50. The van der Waals surface area contributed by atoms with Crippen LogP contribution in [0.1, 0.15) is 23.3 Å². The Hall–Kier alpha value is -2.08. The molecule has 0 bridgehead atoms. The highest BCUT2D eigenvalue weighted by Gasteiger charge is 2.25. The molecule has 2 aromatic heterocycles. The van der Waals surface area contributed by atoms with Gasteiger partial charge in [0.25, 0.3) is 0 Å². The van der Waals surface area contributed by atoms with Crippen molar-refractivity contribution in [2.24, 2.45) is 0 Å². The lowest BCUT2D eigenvalue weighted by molar-refractivity contribution is 0.0335. The summed E-state index contributed by atoms with van der Waals surface area (Å²) in [5.74, 6) is 1.61. The molecular formula is C14H17N5O. The van der Waals surface area contributed by atoms with Gasteiger partial charge in [0, 0.05) is 30.3 Å². The Morgan fingerprint density at radius 2 is 2.00 bits per heavy atom. The van der Waals surface area contributed by atoms with Crippen LogP contribution in [-0.2, 0) is 4.74 Å². The van der Waals surface area contributed by atoms with Crippen LogP contribution in [0, 0.1) is 13.8 Å². The first-order chi connectivity index (χ1) is 9.72. The molecule has 1 aliphatic rings. The van der Waals surface area contributed by atoms with Crippen molar-refractivity contribution in [3.63, 3.8) is 0 Å². The molecule has 20 heavy (non-hydrogen) atoms. The molecule has 1 aliphatic heterocycles. The van der Waals surface area contributed by atoms with Gasteiger partial charge < -0.3 is 9.64 Å². The van der Waals surface area contributed by atoms with Crippen molar-refractivity contribution in [3.05, 3.63) is 41.9 Å². The fraction of sp³-hybridized carbons (Fsp3) is 0.429. The maximum absolute atomic E-state index is 5.81. The van der Waals surface area contributed by atoms with Crippen molar-refractivity contribution < 1.29 is 4.74 Å². The van der Waals surface area contributed by atoms with Crippen LogP contribution in [0.25, 0.3) is 0 Å². The zero-order chi connectivity index (χ0) is 13.9. The number of hydrogen-bond acceptors (Lipinski definition) is 6. The molecule has 3 heterocycles. The summed E-state index contributed by atoms with van der Waals surface area (Å²) in [6.07, 6.45) is 5.02. The van der Waals surface area contributed by atoms with Gasteiger partial charge in [0.15, 0.2) is 5.82 Å². The lowest BCUT2D eigenvalue weighted by Crippen LogP contribution is -2.39. The standard InChI is InChI=1S/C14H17N5O/c1-10-7-11(2)18-14(17-10)12-9-19(5-6-20-12)13-8-15-3-4-16-13/h3-4,7-8,12H,5-6,9H2,1-2H3/t12-/m1/s1. The van der Waals surface area contributed by atoms with Gasteiger partial charge in [0.2, 0.25) is 0 Å². The van der Waals surface area contributed by atoms with Gasteiger partial charge in [0.1, 0.15) is 11.9 Å². The maximum atomic E-state index is 5.81. The average molecular weight is 271 g/mol. The van der Waals surface area contributed by atoms with E-state index < -0.39 is 0 Å². The van der Waals surface area contributed by atoms with Crippen LogP contribution in [0.2, 0.25) is 0 Å². The summed E-state index contributed by atoms with van der Waals surface area (Å²) in [6.45, 7) is 6.09. The zero-order valence-electron chi connectivity index (χ0n) is 11.7. The van der Waals surface area contributed by atoms with E-state index in [2.05, 4.69) is 24.8 Å². The van der Waals surface area contributed by atoms with E-state index in [-0.39, 0.29) is 6.10 Å². The Kier molecular flexibility index (Phi) is 3.56. The smallest absolute Gasteiger partial charge is 0.159 e. The number of aryl methyl sites for hydroxylation is 2. The van der Waals surface area contributed by atoms with Crippen LogP contribution in [0.15, 0.2) is 24.7 Å². The maximum Gasteiger partial charge on any atom is 0.159 e. The Labute approximate surface area is 117 Å². The third kappa shape index (κ3) is 2.75. The molecule has 0 radical (unpaired) electrons. The molecule has 6 nitrogen and oxygen atoms in total. The highest BCUT2D eigenvalue weighted by atomic mass is 16.5. The van der Waals surface area contributed by atoms with Gasteiger partial charge in [0.05, 0.1) is 19.3 Å². The second-order valence-corrected chi connectivity index (χ2v) is 4.88. The van der Waals surface area contributed by atoms with Crippen LogP contribution < -0.4 is 4.90 Å². The third-order valence-electron chi connectivity index (χ3n) is 3.23. The molecular weight excluding hydrogens is 254 g/mol. The van der Waals surface area contributed by atoms with E-state index in [1.54, 1.807) is 18.6 Å². The monoisotopic (exact) mass is 271 g/mol. The Morgan fingerprint density at radius 3 is 2.70 bits per heavy atom. The first-order valence-electron chi connectivity index (χ1n) is 6.67. The SMILES string of the molecule is Cc1cc(C)nc([C@H]2CN(c3cnccn3)CCO2)n1. The summed E-state index contributed by atoms with van der Waals surface area (Å²) < 4.78 is 5.81. The average Bonchev–Trinajstić information content (AvgIpc) is 2.47. The minimum atomic E-state index is -0.121. The van der Waals surface area contributed by atoms with Crippen LogP contribution in [-0.4, -0.2) is 39.6 Å². The van der Waals surface area contributed by atoms with Crippen molar-refractivity contribution in [1.82, 2.24) is 19.9 Å². The van der Waals surface area contributed by atoms with Crippen molar-refractivity contribution in [3.8, 4) is 0 Å². The van der Waals surface area contributed by atoms with Gasteiger partial charge in [-0.2, -0.15) is 0 Å². The molecule has 104 valence electrons. The van der Waals surface area contributed by atoms with Crippen LogP contribution in [0.3, 0.4) is 0 Å². The summed E-state index contributed by atoms with van der Waals surface area (Å²) in [6, 6.07) is 1.97. The highest BCUT2D eigenvalue weighted by Crippen LogP contribution is 2.22. The number of anilines is 1. The fourth-order valence-electron chi connectivity index (χ4n) is 2.37. The molecule has 0 amide bonds. The minimum Gasteiger partial charge on any atom is -0.367 e. The van der Waals surface area contributed by atoms with E-state index in [1.807, 2.05) is 19.9 Å². The van der Waals surface area contributed by atoms with E-state index in [4.69, 9.17) is 4.74 Å². The molecule has 6 heteroatoms. The normalized spacial score (nSPS) is 19.1. The lowest BCUT2D eigenvalue weighted by Gasteiger charge is -2.32. The molecule has 0 aliphatic carbocycles. The fourth-order valence-corrected chi connectivity index (χ4v) is 2.37. The predicted molar refractivity (Wildman–Crippen MR) is 74.4 cm³/mol. The molecule has 1 atom stereocenters. The van der Waals surface area contributed by atoms with Crippen molar-refractivity contribution in [2.75, 3.05) is 24.6 Å². The van der Waals surface area contributed by atoms with Gasteiger partial charge in [-0.05, 0) is 19.9 Å². The van der Waals surface area contributed by atoms with Crippen molar-refractivity contribution in [2.45, 2.75) is 20.0 Å². The third-order valence-corrected chi connectivity index (χ3v) is 3.23. The molecule has 0 N–H and O–H groups in total. The van der Waals surface area contributed by atoms with Gasteiger partial charge in [-0.1, -0.05) is 0 Å². The molecule has 0 aromatic carbocycles. The number of rotatable bonds is 2. The number of ether oxygens (including phenoxy) is 1. The van der Waals surface area contributed by atoms with E-state index in [9.17, 15) is 0 Å². The first kappa shape index (κ1) is 12.9. The van der Waals surface area contributed by atoms with Gasteiger partial charge in [-0.15, -0.1) is 0 Å². The van der Waals surface area contributed by atoms with Gasteiger partial charge in [-0.25, -0.2) is 15.0 Å². The largest absolute Gasteiger partial charge is 0.367 e. The van der Waals surface area contributed by atoms with Crippen LogP contribution in [0.5, 0.6) is 0 Å². The summed E-state index contributed by atoms with van der Waals surface area (Å²) in [5, 5.41) is 0. The number of morpholine rings is 1. The summed E-state index contributed by atoms with van der Waals surface area (Å²) in [7, 11) is 0. The quantitative estimate of drug-likeness (QED) is 0.824. The molecule has 0 saturated carbocycles. The molecule has 0 unspecified atom stereocenters. The Morgan fingerprint density at radius 1 is 1.20 bits per heavy atom. The van der Waals surface area contributed by atoms with Crippen molar-refractivity contribution >= 4 is 5.82 Å². The number of nitrogens with zero attached hydrogens (tertiary/aromatic N) is 5. The molecule has 1 fully saturated rings. The number of hydrogen-bond donors (Lipinski definition) is 0. The van der Waals surface area contributed by atoms with Gasteiger partial charge in [-0.3, -0.25) is 4.98 Å². The summed E-state index contributed by atoms with van der Waals surface area (Å²) in [4.78, 5) is 19.6. The summed E-state index contributed by atoms with van der Waals surface area (Å²) >= 11 is 0. The summed E-state index contributed by atoms with van der Waals surface area (Å²) in [5.41, 5.74) is 1.93. The van der Waals surface area contributed by atoms with E-state index >= 15 is 0 Å². The first-order valence-corrected chi connectivity index (χ1v) is 6.67. The zero-order valence-corrected chi connectivity index (χ0v) is 11.7. The molecule has 3 rings (SSSR count). The lowest BCUT2D eigenvalue weighted by atomic mass is 10.2. The van der Waals surface area contributed by atoms with E-state index in [1.165, 1.54) is 0 Å². The molecule has 0 spiro atoms. The predicted octanol–water partition coefficient (Wildman–Crippen LogP) is 1.46. The van der Waals surface area contributed by atoms with E-state index in [0.29, 0.717) is 13.2 Å². The van der Waals surface area contributed by atoms with Crippen LogP contribution >= 0.6 is 0 Å². The minimum absolute atomic E-state index is 0.121. The van der Waals surface area contributed by atoms with Crippen molar-refractivity contribution in [1.29, 1.82) is 0 Å². The van der Waals surface area contributed by atoms with E-state index in [0.717, 1.165) is 29.6 Å². The molecule has 1 saturated heterocycles.